The Morgan fingerprint density at radius 1 is 1.18 bits per heavy atom. The molecule has 0 fully saturated rings. The molecule has 1 atom stereocenters. The molecule has 0 spiro atoms. The second kappa shape index (κ2) is 10.9. The van der Waals surface area contributed by atoms with E-state index in [2.05, 4.69) is 16.6 Å². The van der Waals surface area contributed by atoms with Gasteiger partial charge in [0.25, 0.3) is 0 Å². The van der Waals surface area contributed by atoms with Crippen molar-refractivity contribution in [3.05, 3.63) is 23.8 Å². The second-order valence-corrected chi connectivity index (χ2v) is 4.13. The van der Waals surface area contributed by atoms with Crippen LogP contribution in [0.5, 0.6) is 0 Å². The standard InChI is InChI=1S/C14H16N2O6/c1-10(2)13(19)22-7-12(16-9-18)6-11(3)14(20)21-5-4-15-8-17/h6,12H,1,4-5,7H2,2-3H3. The van der Waals surface area contributed by atoms with E-state index in [1.165, 1.54) is 32.1 Å². The topological polar surface area (TPSA) is 111 Å². The van der Waals surface area contributed by atoms with Gasteiger partial charge in [0, 0.05) is 11.1 Å². The van der Waals surface area contributed by atoms with Crippen molar-refractivity contribution in [1.82, 2.24) is 0 Å². The third-order valence-corrected chi connectivity index (χ3v) is 2.22. The van der Waals surface area contributed by atoms with Gasteiger partial charge >= 0.3 is 11.9 Å². The Kier molecular flexibility index (Phi) is 9.51. The van der Waals surface area contributed by atoms with Crippen LogP contribution in [0.25, 0.3) is 0 Å². The monoisotopic (exact) mass is 308 g/mol. The van der Waals surface area contributed by atoms with Gasteiger partial charge in [-0.25, -0.2) is 24.2 Å². The molecular formula is C14H16N2O6. The smallest absolute Gasteiger partial charge is 0.333 e. The number of rotatable bonds is 9. The van der Waals surface area contributed by atoms with Crippen LogP contribution in [0.2, 0.25) is 0 Å². The number of carbonyl (C=O) groups is 2. The molecule has 0 bridgehead atoms. The minimum absolute atomic E-state index is 0.00859. The van der Waals surface area contributed by atoms with Crippen LogP contribution in [0.15, 0.2) is 33.8 Å². The third-order valence-electron chi connectivity index (χ3n) is 2.22. The molecule has 0 heterocycles. The van der Waals surface area contributed by atoms with E-state index >= 15 is 0 Å². The van der Waals surface area contributed by atoms with E-state index in [1.54, 1.807) is 0 Å². The molecule has 0 aliphatic rings. The number of hydrogen-bond donors (Lipinski definition) is 0. The summed E-state index contributed by atoms with van der Waals surface area (Å²) >= 11 is 0. The van der Waals surface area contributed by atoms with Crippen LogP contribution in [0, 0.1) is 0 Å². The maximum atomic E-state index is 11.6. The molecular weight excluding hydrogens is 292 g/mol. The molecule has 0 amide bonds. The van der Waals surface area contributed by atoms with Gasteiger partial charge in [0.05, 0.1) is 6.54 Å². The number of aliphatic imine (C=N–C) groups is 2. The van der Waals surface area contributed by atoms with Gasteiger partial charge in [-0.2, -0.15) is 4.99 Å². The van der Waals surface area contributed by atoms with Gasteiger partial charge in [-0.1, -0.05) is 6.58 Å². The minimum Gasteiger partial charge on any atom is -0.460 e. The summed E-state index contributed by atoms with van der Waals surface area (Å²) in [6.45, 7) is 6.02. The van der Waals surface area contributed by atoms with Gasteiger partial charge in [-0.15, -0.1) is 0 Å². The van der Waals surface area contributed by atoms with Crippen molar-refractivity contribution in [2.45, 2.75) is 19.9 Å². The Labute approximate surface area is 127 Å². The van der Waals surface area contributed by atoms with Crippen molar-refractivity contribution >= 4 is 24.1 Å². The van der Waals surface area contributed by atoms with Crippen LogP contribution < -0.4 is 0 Å². The van der Waals surface area contributed by atoms with E-state index in [9.17, 15) is 19.2 Å². The Bertz CT molecular complexity index is 554. The lowest BCUT2D eigenvalue weighted by Crippen LogP contribution is -2.18. The summed E-state index contributed by atoms with van der Waals surface area (Å²) in [6, 6.07) is -0.860. The molecule has 118 valence electrons. The van der Waals surface area contributed by atoms with E-state index in [4.69, 9.17) is 9.47 Å². The first-order valence-corrected chi connectivity index (χ1v) is 6.21. The quantitative estimate of drug-likeness (QED) is 0.203. The molecule has 8 nitrogen and oxygen atoms in total. The van der Waals surface area contributed by atoms with Crippen molar-refractivity contribution < 1.29 is 28.7 Å². The Morgan fingerprint density at radius 3 is 2.41 bits per heavy atom. The molecule has 0 N–H and O–H groups in total. The molecule has 1 unspecified atom stereocenters. The molecule has 0 saturated heterocycles. The van der Waals surface area contributed by atoms with Crippen LogP contribution in [-0.4, -0.2) is 49.9 Å². The molecule has 0 aromatic heterocycles. The Balaban J connectivity index is 4.64. The summed E-state index contributed by atoms with van der Waals surface area (Å²) in [5.74, 6) is -1.30. The molecule has 8 heteroatoms. The maximum absolute atomic E-state index is 11.6. The Hall–Kier alpha value is -2.82. The first-order valence-electron chi connectivity index (χ1n) is 6.21. The fourth-order valence-electron chi connectivity index (χ4n) is 1.17. The normalized spacial score (nSPS) is 11.5. The number of carbonyl (C=O) groups excluding carboxylic acids is 4. The fourth-order valence-corrected chi connectivity index (χ4v) is 1.17. The van der Waals surface area contributed by atoms with Crippen LogP contribution in [0.4, 0.5) is 0 Å². The van der Waals surface area contributed by atoms with Gasteiger partial charge in [-0.05, 0) is 19.9 Å². The average Bonchev–Trinajstić information content (AvgIpc) is 2.48. The van der Waals surface area contributed by atoms with Gasteiger partial charge in [0.1, 0.15) is 19.3 Å². The molecule has 0 radical (unpaired) electrons. The predicted octanol–water partition coefficient (Wildman–Crippen LogP) is 0.635. The number of hydrogen-bond acceptors (Lipinski definition) is 8. The lowest BCUT2D eigenvalue weighted by atomic mass is 10.2. The molecule has 0 aromatic rings. The molecule has 0 rings (SSSR count). The van der Waals surface area contributed by atoms with Crippen molar-refractivity contribution in [2.24, 2.45) is 9.98 Å². The van der Waals surface area contributed by atoms with Crippen molar-refractivity contribution in [3.8, 4) is 0 Å². The van der Waals surface area contributed by atoms with Crippen molar-refractivity contribution in [2.75, 3.05) is 19.8 Å². The van der Waals surface area contributed by atoms with E-state index in [0.717, 1.165) is 0 Å². The highest BCUT2D eigenvalue weighted by molar-refractivity contribution is 5.88. The fraction of sp³-hybridized carbons (Fsp3) is 0.429. The van der Waals surface area contributed by atoms with Crippen molar-refractivity contribution in [3.63, 3.8) is 0 Å². The van der Waals surface area contributed by atoms with E-state index in [-0.39, 0.29) is 30.9 Å². The average molecular weight is 308 g/mol. The third kappa shape index (κ3) is 8.37. The summed E-state index contributed by atoms with van der Waals surface area (Å²) in [5, 5.41) is 0. The molecule has 0 aliphatic carbocycles. The summed E-state index contributed by atoms with van der Waals surface area (Å²) in [7, 11) is 0. The first-order chi connectivity index (χ1) is 10.4. The molecule has 0 aliphatic heterocycles. The zero-order valence-electron chi connectivity index (χ0n) is 12.3. The lowest BCUT2D eigenvalue weighted by Gasteiger charge is -2.09. The number of nitrogens with zero attached hydrogens (tertiary/aromatic N) is 2. The number of esters is 2. The summed E-state index contributed by atoms with van der Waals surface area (Å²) in [4.78, 5) is 49.7. The van der Waals surface area contributed by atoms with Crippen LogP contribution >= 0.6 is 0 Å². The van der Waals surface area contributed by atoms with Crippen LogP contribution in [0.3, 0.4) is 0 Å². The van der Waals surface area contributed by atoms with Crippen LogP contribution in [-0.2, 0) is 28.7 Å². The zero-order valence-corrected chi connectivity index (χ0v) is 12.3. The minimum atomic E-state index is -0.860. The molecule has 0 saturated carbocycles. The van der Waals surface area contributed by atoms with E-state index in [1.807, 2.05) is 0 Å². The highest BCUT2D eigenvalue weighted by Gasteiger charge is 2.13. The van der Waals surface area contributed by atoms with Gasteiger partial charge in [-0.3, -0.25) is 0 Å². The van der Waals surface area contributed by atoms with Gasteiger partial charge in [0.2, 0.25) is 12.2 Å². The maximum Gasteiger partial charge on any atom is 0.333 e. The summed E-state index contributed by atoms with van der Waals surface area (Å²) in [5.41, 5.74) is 0.357. The Morgan fingerprint density at radius 2 is 1.86 bits per heavy atom. The lowest BCUT2D eigenvalue weighted by molar-refractivity contribution is -0.139. The van der Waals surface area contributed by atoms with Gasteiger partial charge < -0.3 is 9.47 Å². The summed E-state index contributed by atoms with van der Waals surface area (Å²) < 4.78 is 9.65. The predicted molar refractivity (Wildman–Crippen MR) is 75.4 cm³/mol. The highest BCUT2D eigenvalue weighted by atomic mass is 16.5. The number of isocyanates is 2. The zero-order chi connectivity index (χ0) is 17.0. The van der Waals surface area contributed by atoms with E-state index < -0.39 is 18.0 Å². The first kappa shape index (κ1) is 19.2. The van der Waals surface area contributed by atoms with E-state index in [0.29, 0.717) is 0 Å². The second-order valence-electron chi connectivity index (χ2n) is 4.13. The van der Waals surface area contributed by atoms with Gasteiger partial charge in [0.15, 0.2) is 0 Å². The largest absolute Gasteiger partial charge is 0.460 e. The SMILES string of the molecule is C=C(C)C(=O)OCC(C=C(C)C(=O)OCCN=C=O)N=C=O. The molecule has 22 heavy (non-hydrogen) atoms. The number of ether oxygens (including phenoxy) is 2. The highest BCUT2D eigenvalue weighted by Crippen LogP contribution is 2.04. The summed E-state index contributed by atoms with van der Waals surface area (Å²) in [6.07, 6.45) is 3.95. The van der Waals surface area contributed by atoms with Crippen LogP contribution in [0.1, 0.15) is 13.8 Å². The molecule has 0 aromatic carbocycles. The van der Waals surface area contributed by atoms with Crippen molar-refractivity contribution in [1.29, 1.82) is 0 Å².